The third kappa shape index (κ3) is 4.45. The topological polar surface area (TPSA) is 49.9 Å². The minimum Gasteiger partial charge on any atom is -0.371 e. The lowest BCUT2D eigenvalue weighted by Crippen LogP contribution is -2.56. The van der Waals surface area contributed by atoms with Crippen molar-refractivity contribution in [1.82, 2.24) is 4.90 Å². The second-order valence-electron chi connectivity index (χ2n) is 6.08. The molecule has 1 saturated heterocycles. The molecular weight excluding hydrogens is 335 g/mol. The van der Waals surface area contributed by atoms with Crippen LogP contribution in [0.2, 0.25) is 5.02 Å². The Kier molecular flexibility index (Phi) is 6.18. The van der Waals surface area contributed by atoms with Crippen LogP contribution in [0.5, 0.6) is 0 Å². The lowest BCUT2D eigenvalue weighted by atomic mass is 10.1. The highest BCUT2D eigenvalue weighted by molar-refractivity contribution is 6.30. The van der Waals surface area contributed by atoms with Crippen LogP contribution in [0.4, 0.5) is 10.1 Å². The molecule has 2 atom stereocenters. The zero-order valence-corrected chi connectivity index (χ0v) is 14.8. The Labute approximate surface area is 146 Å². The summed E-state index contributed by atoms with van der Waals surface area (Å²) in [6.07, 6.45) is -0.673. The zero-order valence-electron chi connectivity index (χ0n) is 14.1. The Morgan fingerprint density at radius 2 is 2.08 bits per heavy atom. The van der Waals surface area contributed by atoms with Gasteiger partial charge in [-0.1, -0.05) is 11.6 Å². The van der Waals surface area contributed by atoms with Crippen molar-refractivity contribution in [3.63, 3.8) is 0 Å². The largest absolute Gasteiger partial charge is 0.371 e. The second kappa shape index (κ2) is 7.94. The van der Waals surface area contributed by atoms with Crippen LogP contribution in [0.15, 0.2) is 18.2 Å². The van der Waals surface area contributed by atoms with Gasteiger partial charge in [0.05, 0.1) is 0 Å². The first-order valence-electron chi connectivity index (χ1n) is 7.85. The predicted octanol–water partition coefficient (Wildman–Crippen LogP) is 2.51. The lowest BCUT2D eigenvalue weighted by Gasteiger charge is -2.42. The summed E-state index contributed by atoms with van der Waals surface area (Å²) in [4.78, 5) is 27.5. The maximum atomic E-state index is 13.6. The zero-order chi connectivity index (χ0) is 17.9. The van der Waals surface area contributed by atoms with Crippen molar-refractivity contribution in [2.45, 2.75) is 32.4 Å². The number of amides is 1. The van der Waals surface area contributed by atoms with E-state index in [2.05, 4.69) is 0 Å². The highest BCUT2D eigenvalue weighted by Gasteiger charge is 2.31. The van der Waals surface area contributed by atoms with Crippen LogP contribution in [-0.4, -0.2) is 55.5 Å². The number of methoxy groups -OCH3 is 1. The summed E-state index contributed by atoms with van der Waals surface area (Å²) in [5, 5.41) is 0.344. The highest BCUT2D eigenvalue weighted by Crippen LogP contribution is 2.25. The van der Waals surface area contributed by atoms with E-state index in [0.717, 1.165) is 0 Å². The molecule has 0 aliphatic carbocycles. The van der Waals surface area contributed by atoms with Gasteiger partial charge >= 0.3 is 0 Å². The molecule has 132 valence electrons. The minimum absolute atomic E-state index is 0.00426. The molecule has 0 spiro atoms. The Morgan fingerprint density at radius 3 is 2.62 bits per heavy atom. The number of hydrogen-bond acceptors (Lipinski definition) is 4. The standard InChI is InChI=1S/C17H22ClFN2O3/c1-11-10-20(17(23)16(24-3)6-12(2)22)4-5-21(11)15-8-13(18)7-14(19)9-15/h7-9,11,16H,4-6,10H2,1-3H3/t11-,16?/m0/s1. The van der Waals surface area contributed by atoms with Gasteiger partial charge in [-0.25, -0.2) is 4.39 Å². The van der Waals surface area contributed by atoms with Crippen molar-refractivity contribution in [3.05, 3.63) is 29.0 Å². The van der Waals surface area contributed by atoms with E-state index in [1.54, 1.807) is 11.0 Å². The van der Waals surface area contributed by atoms with Gasteiger partial charge in [0.2, 0.25) is 0 Å². The molecule has 7 heteroatoms. The van der Waals surface area contributed by atoms with Crippen molar-refractivity contribution >= 4 is 29.0 Å². The van der Waals surface area contributed by atoms with Gasteiger partial charge in [0, 0.05) is 49.9 Å². The SMILES string of the molecule is COC(CC(C)=O)C(=O)N1CCN(c2cc(F)cc(Cl)c2)[C@@H](C)C1. The van der Waals surface area contributed by atoms with Crippen LogP contribution in [-0.2, 0) is 14.3 Å². The first-order chi connectivity index (χ1) is 11.3. The van der Waals surface area contributed by atoms with Crippen molar-refractivity contribution < 1.29 is 18.7 Å². The molecule has 1 aromatic carbocycles. The van der Waals surface area contributed by atoms with Gasteiger partial charge in [-0.15, -0.1) is 0 Å². The molecule has 1 aliphatic rings. The number of halogens is 2. The van der Waals surface area contributed by atoms with E-state index in [1.807, 2.05) is 11.8 Å². The number of Topliss-reactive ketones (excluding diaryl/α,β-unsaturated/α-hetero) is 1. The Hall–Kier alpha value is -1.66. The van der Waals surface area contributed by atoms with Crippen LogP contribution in [0, 0.1) is 5.82 Å². The first kappa shape index (κ1) is 18.7. The molecule has 0 N–H and O–H groups in total. The number of hydrogen-bond donors (Lipinski definition) is 0. The average Bonchev–Trinajstić information content (AvgIpc) is 2.50. The number of anilines is 1. The van der Waals surface area contributed by atoms with Gasteiger partial charge in [-0.05, 0) is 32.0 Å². The smallest absolute Gasteiger partial charge is 0.252 e. The van der Waals surface area contributed by atoms with Gasteiger partial charge in [0.1, 0.15) is 17.7 Å². The summed E-state index contributed by atoms with van der Waals surface area (Å²) in [6.45, 7) is 4.92. The first-order valence-corrected chi connectivity index (χ1v) is 8.23. The molecular formula is C17H22ClFN2O3. The van der Waals surface area contributed by atoms with Crippen LogP contribution < -0.4 is 4.90 Å². The normalized spacial score (nSPS) is 19.3. The molecule has 1 fully saturated rings. The van der Waals surface area contributed by atoms with Crippen molar-refractivity contribution in [2.24, 2.45) is 0 Å². The summed E-state index contributed by atoms with van der Waals surface area (Å²) in [5.74, 6) is -0.656. The average molecular weight is 357 g/mol. The quantitative estimate of drug-likeness (QED) is 0.813. The molecule has 1 heterocycles. The van der Waals surface area contributed by atoms with Crippen LogP contribution in [0.3, 0.4) is 0 Å². The van der Waals surface area contributed by atoms with Crippen molar-refractivity contribution in [3.8, 4) is 0 Å². The summed E-state index contributed by atoms with van der Waals surface area (Å²) in [5.41, 5.74) is 0.701. The summed E-state index contributed by atoms with van der Waals surface area (Å²) in [7, 11) is 1.43. The number of carbonyl (C=O) groups excluding carboxylic acids is 2. The fraction of sp³-hybridized carbons (Fsp3) is 0.529. The van der Waals surface area contributed by atoms with Crippen LogP contribution in [0.25, 0.3) is 0 Å². The number of ether oxygens (including phenoxy) is 1. The summed E-state index contributed by atoms with van der Waals surface area (Å²) < 4.78 is 18.7. The maximum absolute atomic E-state index is 13.6. The fourth-order valence-corrected chi connectivity index (χ4v) is 3.20. The molecule has 1 aliphatic heterocycles. The molecule has 1 aromatic rings. The van der Waals surface area contributed by atoms with E-state index < -0.39 is 6.10 Å². The molecule has 2 rings (SSSR count). The number of piperazine rings is 1. The Bertz CT molecular complexity index is 606. The number of carbonyl (C=O) groups is 2. The maximum Gasteiger partial charge on any atom is 0.252 e. The third-order valence-electron chi connectivity index (χ3n) is 4.15. The summed E-state index contributed by atoms with van der Waals surface area (Å²) >= 11 is 5.93. The van der Waals surface area contributed by atoms with E-state index >= 15 is 0 Å². The molecule has 0 aromatic heterocycles. The molecule has 0 saturated carbocycles. The Balaban J connectivity index is 2.06. The number of benzene rings is 1. The third-order valence-corrected chi connectivity index (χ3v) is 4.37. The van der Waals surface area contributed by atoms with E-state index in [4.69, 9.17) is 16.3 Å². The number of nitrogens with zero attached hydrogens (tertiary/aromatic N) is 2. The van der Waals surface area contributed by atoms with E-state index in [9.17, 15) is 14.0 Å². The van der Waals surface area contributed by atoms with E-state index in [1.165, 1.54) is 26.2 Å². The van der Waals surface area contributed by atoms with Crippen molar-refractivity contribution in [2.75, 3.05) is 31.6 Å². The number of ketones is 1. The van der Waals surface area contributed by atoms with Gasteiger partial charge in [0.15, 0.2) is 0 Å². The molecule has 1 amide bonds. The second-order valence-corrected chi connectivity index (χ2v) is 6.52. The van der Waals surface area contributed by atoms with Gasteiger partial charge in [0.25, 0.3) is 5.91 Å². The van der Waals surface area contributed by atoms with Gasteiger partial charge < -0.3 is 14.5 Å². The highest BCUT2D eigenvalue weighted by atomic mass is 35.5. The molecule has 1 unspecified atom stereocenters. The van der Waals surface area contributed by atoms with E-state index in [0.29, 0.717) is 30.3 Å². The van der Waals surface area contributed by atoms with Gasteiger partial charge in [-0.2, -0.15) is 0 Å². The van der Waals surface area contributed by atoms with Crippen LogP contribution in [0.1, 0.15) is 20.3 Å². The molecule has 0 radical (unpaired) electrons. The monoisotopic (exact) mass is 356 g/mol. The van der Waals surface area contributed by atoms with Crippen LogP contribution >= 0.6 is 11.6 Å². The Morgan fingerprint density at radius 1 is 1.38 bits per heavy atom. The van der Waals surface area contributed by atoms with Gasteiger partial charge in [-0.3, -0.25) is 9.59 Å². The predicted molar refractivity (Wildman–Crippen MR) is 90.9 cm³/mol. The number of rotatable bonds is 5. The molecule has 5 nitrogen and oxygen atoms in total. The molecule has 0 bridgehead atoms. The summed E-state index contributed by atoms with van der Waals surface area (Å²) in [6, 6.07) is 4.41. The minimum atomic E-state index is -0.745. The van der Waals surface area contributed by atoms with E-state index in [-0.39, 0.29) is 30.0 Å². The lowest BCUT2D eigenvalue weighted by molar-refractivity contribution is -0.145. The van der Waals surface area contributed by atoms with Crippen molar-refractivity contribution in [1.29, 1.82) is 0 Å². The fourth-order valence-electron chi connectivity index (χ4n) is 2.98. The molecule has 24 heavy (non-hydrogen) atoms.